The summed E-state index contributed by atoms with van der Waals surface area (Å²) in [5, 5.41) is 0.567. The van der Waals surface area contributed by atoms with Gasteiger partial charge in [-0.1, -0.05) is 18.2 Å². The number of hydrogen-bond donors (Lipinski definition) is 0. The number of fused-ring (bicyclic) bond motifs is 5. The highest BCUT2D eigenvalue weighted by atomic mass is 32.1. The Morgan fingerprint density at radius 3 is 2.55 bits per heavy atom. The molecule has 0 unspecified atom stereocenters. The number of aromatic nitrogens is 2. The van der Waals surface area contributed by atoms with Crippen LogP contribution in [0, 0.1) is 13.8 Å². The molecule has 4 rings (SSSR count). The molecule has 1 aliphatic heterocycles. The van der Waals surface area contributed by atoms with E-state index in [0.717, 1.165) is 16.0 Å². The first-order valence-corrected chi connectivity index (χ1v) is 7.08. The predicted molar refractivity (Wildman–Crippen MR) is 78.5 cm³/mol. The minimum absolute atomic E-state index is 0.102. The lowest BCUT2D eigenvalue weighted by Gasteiger charge is -2.02. The van der Waals surface area contributed by atoms with Gasteiger partial charge in [-0.2, -0.15) is 4.98 Å². The SMILES string of the molecule is Cc1sc2c(c1C)c(=O)nc1n2C(=O)c2ccccc2-1. The van der Waals surface area contributed by atoms with Gasteiger partial charge in [0.2, 0.25) is 0 Å². The molecule has 20 heavy (non-hydrogen) atoms. The van der Waals surface area contributed by atoms with Crippen LogP contribution in [0.1, 0.15) is 20.8 Å². The third-order valence-electron chi connectivity index (χ3n) is 3.80. The molecule has 0 aliphatic carbocycles. The van der Waals surface area contributed by atoms with Crippen LogP contribution < -0.4 is 5.56 Å². The number of carbonyl (C=O) groups excluding carboxylic acids is 1. The molecule has 0 amide bonds. The van der Waals surface area contributed by atoms with Gasteiger partial charge in [0, 0.05) is 10.4 Å². The van der Waals surface area contributed by atoms with E-state index in [9.17, 15) is 9.59 Å². The molecule has 0 atom stereocenters. The van der Waals surface area contributed by atoms with Crippen molar-refractivity contribution in [2.75, 3.05) is 0 Å². The molecule has 0 bridgehead atoms. The zero-order valence-corrected chi connectivity index (χ0v) is 11.7. The molecule has 0 radical (unpaired) electrons. The summed E-state index contributed by atoms with van der Waals surface area (Å²) in [6.07, 6.45) is 0. The Kier molecular flexibility index (Phi) is 2.10. The number of rotatable bonds is 0. The van der Waals surface area contributed by atoms with E-state index < -0.39 is 0 Å². The maximum Gasteiger partial charge on any atom is 0.282 e. The predicted octanol–water partition coefficient (Wildman–Crippen LogP) is 2.74. The van der Waals surface area contributed by atoms with Crippen molar-refractivity contribution in [1.29, 1.82) is 0 Å². The van der Waals surface area contributed by atoms with Gasteiger partial charge >= 0.3 is 0 Å². The van der Waals surface area contributed by atoms with Gasteiger partial charge in [-0.15, -0.1) is 11.3 Å². The summed E-state index contributed by atoms with van der Waals surface area (Å²) >= 11 is 1.47. The Balaban J connectivity index is 2.25. The second-order valence-corrected chi connectivity index (χ2v) is 6.09. The molecule has 0 saturated heterocycles. The van der Waals surface area contributed by atoms with Crippen molar-refractivity contribution in [3.05, 3.63) is 50.6 Å². The molecule has 0 spiro atoms. The first kappa shape index (κ1) is 11.5. The van der Waals surface area contributed by atoms with E-state index in [4.69, 9.17) is 0 Å². The third-order valence-corrected chi connectivity index (χ3v) is 5.00. The molecule has 0 N–H and O–H groups in total. The molecule has 98 valence electrons. The van der Waals surface area contributed by atoms with Crippen molar-refractivity contribution in [3.8, 4) is 11.4 Å². The van der Waals surface area contributed by atoms with E-state index >= 15 is 0 Å². The molecule has 3 aromatic rings. The molecule has 0 fully saturated rings. The zero-order valence-electron chi connectivity index (χ0n) is 10.9. The molecule has 4 nitrogen and oxygen atoms in total. The smallest absolute Gasteiger partial charge is 0.268 e. The average Bonchev–Trinajstić information content (AvgIpc) is 2.88. The first-order chi connectivity index (χ1) is 9.59. The maximum absolute atomic E-state index is 12.6. The van der Waals surface area contributed by atoms with Gasteiger partial charge in [-0.05, 0) is 25.5 Å². The highest BCUT2D eigenvalue weighted by molar-refractivity contribution is 7.19. The van der Waals surface area contributed by atoms with Gasteiger partial charge in [-0.25, -0.2) is 4.57 Å². The zero-order chi connectivity index (χ0) is 14.0. The van der Waals surface area contributed by atoms with Crippen molar-refractivity contribution in [3.63, 3.8) is 0 Å². The number of aryl methyl sites for hydroxylation is 2. The summed E-state index contributed by atoms with van der Waals surface area (Å²) in [4.78, 5) is 30.7. The van der Waals surface area contributed by atoms with Gasteiger partial charge in [0.05, 0.1) is 10.9 Å². The average molecular weight is 282 g/mol. The summed E-state index contributed by atoms with van der Waals surface area (Å²) in [6, 6.07) is 7.28. The normalized spacial score (nSPS) is 12.8. The van der Waals surface area contributed by atoms with Gasteiger partial charge in [-0.3, -0.25) is 9.59 Å². The van der Waals surface area contributed by atoms with Crippen LogP contribution in [0.4, 0.5) is 0 Å². The lowest BCUT2D eigenvalue weighted by molar-refractivity contribution is 0.0973. The van der Waals surface area contributed by atoms with E-state index in [-0.39, 0.29) is 11.5 Å². The van der Waals surface area contributed by atoms with Gasteiger partial charge in [0.25, 0.3) is 11.5 Å². The molecule has 3 heterocycles. The number of carbonyl (C=O) groups is 1. The van der Waals surface area contributed by atoms with E-state index in [1.54, 1.807) is 10.6 Å². The van der Waals surface area contributed by atoms with Crippen LogP contribution in [0.2, 0.25) is 0 Å². The van der Waals surface area contributed by atoms with E-state index in [1.165, 1.54) is 11.3 Å². The fourth-order valence-electron chi connectivity index (χ4n) is 2.67. The topological polar surface area (TPSA) is 52.0 Å². The van der Waals surface area contributed by atoms with Crippen LogP contribution in [0.15, 0.2) is 29.1 Å². The third kappa shape index (κ3) is 1.23. The Bertz CT molecular complexity index is 966. The second kappa shape index (κ2) is 3.64. The quantitative estimate of drug-likeness (QED) is 0.498. The lowest BCUT2D eigenvalue weighted by Crippen LogP contribution is -2.15. The largest absolute Gasteiger partial charge is 0.282 e. The number of thiophene rings is 1. The number of nitrogens with zero attached hydrogens (tertiary/aromatic N) is 2. The second-order valence-electron chi connectivity index (χ2n) is 4.89. The summed E-state index contributed by atoms with van der Waals surface area (Å²) in [6.45, 7) is 3.86. The van der Waals surface area contributed by atoms with Crippen molar-refractivity contribution in [2.45, 2.75) is 13.8 Å². The summed E-state index contributed by atoms with van der Waals surface area (Å²) < 4.78 is 1.58. The minimum Gasteiger partial charge on any atom is -0.268 e. The van der Waals surface area contributed by atoms with Crippen LogP contribution in [-0.4, -0.2) is 15.5 Å². The monoisotopic (exact) mass is 282 g/mol. The molecule has 1 aliphatic rings. The summed E-state index contributed by atoms with van der Waals surface area (Å²) in [5.41, 5.74) is 2.01. The van der Waals surface area contributed by atoms with Crippen molar-refractivity contribution < 1.29 is 4.79 Å². The first-order valence-electron chi connectivity index (χ1n) is 6.26. The van der Waals surface area contributed by atoms with E-state index in [1.807, 2.05) is 32.0 Å². The van der Waals surface area contributed by atoms with Crippen LogP contribution in [-0.2, 0) is 0 Å². The van der Waals surface area contributed by atoms with Crippen LogP contribution in [0.5, 0.6) is 0 Å². The highest BCUT2D eigenvalue weighted by Crippen LogP contribution is 2.35. The van der Waals surface area contributed by atoms with E-state index in [0.29, 0.717) is 21.6 Å². The fourth-order valence-corrected chi connectivity index (χ4v) is 3.82. The maximum atomic E-state index is 12.6. The molecule has 0 saturated carbocycles. The molecule has 2 aromatic heterocycles. The Hall–Kier alpha value is -2.27. The number of hydrogen-bond acceptors (Lipinski definition) is 4. The standard InChI is InChI=1S/C15H10N2O2S/c1-7-8(2)20-15-11(7)13(18)16-12-9-5-3-4-6-10(9)14(19)17(12)15/h3-6H,1-2H3. The van der Waals surface area contributed by atoms with Crippen LogP contribution in [0.25, 0.3) is 21.6 Å². The fraction of sp³-hybridized carbons (Fsp3) is 0.133. The van der Waals surface area contributed by atoms with Crippen molar-refractivity contribution >= 4 is 27.5 Å². The number of benzene rings is 1. The van der Waals surface area contributed by atoms with Gasteiger partial charge in [0.1, 0.15) is 4.83 Å². The van der Waals surface area contributed by atoms with Crippen molar-refractivity contribution in [1.82, 2.24) is 9.55 Å². The lowest BCUT2D eigenvalue weighted by atomic mass is 10.1. The summed E-state index contributed by atoms with van der Waals surface area (Å²) in [5.74, 6) is 0.360. The van der Waals surface area contributed by atoms with Crippen LogP contribution in [0.3, 0.4) is 0 Å². The van der Waals surface area contributed by atoms with Gasteiger partial charge < -0.3 is 0 Å². The molecule has 5 heteroatoms. The van der Waals surface area contributed by atoms with E-state index in [2.05, 4.69) is 4.98 Å². The van der Waals surface area contributed by atoms with Gasteiger partial charge in [0.15, 0.2) is 5.82 Å². The Morgan fingerprint density at radius 1 is 1.10 bits per heavy atom. The molecular weight excluding hydrogens is 272 g/mol. The molecule has 1 aromatic carbocycles. The Labute approximate surface area is 118 Å². The van der Waals surface area contributed by atoms with Crippen LogP contribution >= 0.6 is 11.3 Å². The highest BCUT2D eigenvalue weighted by Gasteiger charge is 2.30. The Morgan fingerprint density at radius 2 is 1.80 bits per heavy atom. The summed E-state index contributed by atoms with van der Waals surface area (Å²) in [7, 11) is 0. The van der Waals surface area contributed by atoms with Crippen molar-refractivity contribution in [2.24, 2.45) is 0 Å². The molecular formula is C15H10N2O2S. The minimum atomic E-state index is -0.252.